The molecule has 0 saturated heterocycles. The van der Waals surface area contributed by atoms with E-state index in [1.54, 1.807) is 0 Å². The second-order valence-electron chi connectivity index (χ2n) is 22.4. The van der Waals surface area contributed by atoms with Gasteiger partial charge < -0.3 is 14.2 Å². The number of rotatable bonds is 61. The molecule has 6 heteroatoms. The third-order valence-corrected chi connectivity index (χ3v) is 14.5. The van der Waals surface area contributed by atoms with Gasteiger partial charge in [0.2, 0.25) is 0 Å². The minimum absolute atomic E-state index is 0.0866. The van der Waals surface area contributed by atoms with Crippen molar-refractivity contribution in [3.63, 3.8) is 0 Å². The van der Waals surface area contributed by atoms with E-state index in [1.165, 1.54) is 148 Å². The predicted molar refractivity (Wildman–Crippen MR) is 348 cm³/mol. The maximum Gasteiger partial charge on any atom is 0.306 e. The standard InChI is InChI=1S/C74H126O6/c1-4-7-10-13-16-19-22-25-28-31-34-35-36-37-38-39-41-43-46-49-52-55-58-61-64-67-73(76)79-70-71(69-78-72(75)66-63-60-57-54-51-48-45-42-33-30-27-24-21-18-15-12-9-6-3)80-74(77)68-65-62-59-56-53-50-47-44-40-32-29-26-23-20-17-14-11-8-5-2/h7,10,16-17,19-20,25-26,28-29,34-35,37-38,40-41,43-44,71H,4-6,8-9,11-15,18,21-24,27,30-33,36,39,42,45-70H2,1-3H3/b10-7-,19-16-,20-17-,28-25-,29-26-,35-34-,38-37-,43-41-,44-40-. The highest BCUT2D eigenvalue weighted by Crippen LogP contribution is 2.17. The van der Waals surface area contributed by atoms with Crippen LogP contribution in [-0.2, 0) is 28.6 Å². The third-order valence-electron chi connectivity index (χ3n) is 14.5. The molecule has 0 N–H and O–H groups in total. The van der Waals surface area contributed by atoms with Gasteiger partial charge in [-0.2, -0.15) is 0 Å². The maximum absolute atomic E-state index is 12.9. The summed E-state index contributed by atoms with van der Waals surface area (Å²) < 4.78 is 17.0. The molecule has 0 radical (unpaired) electrons. The SMILES string of the molecule is CC/C=C\C/C=C\C/C=C\C/C=C\C/C=C\C/C=C\CCCCCCCCC(=O)OCC(COC(=O)CCCCCCCCCCCCCCCCCCCC)OC(=O)CCCCCCCC/C=C\C/C=C\C/C=C\CCCCC. The van der Waals surface area contributed by atoms with Crippen molar-refractivity contribution < 1.29 is 28.6 Å². The highest BCUT2D eigenvalue weighted by Gasteiger charge is 2.19. The van der Waals surface area contributed by atoms with Crippen LogP contribution in [0.3, 0.4) is 0 Å². The van der Waals surface area contributed by atoms with Gasteiger partial charge in [-0.25, -0.2) is 0 Å². The lowest BCUT2D eigenvalue weighted by Crippen LogP contribution is -2.30. The van der Waals surface area contributed by atoms with Gasteiger partial charge in [-0.15, -0.1) is 0 Å². The number of carbonyl (C=O) groups excluding carboxylic acids is 3. The second kappa shape index (κ2) is 67.6. The summed E-state index contributed by atoms with van der Waals surface area (Å²) in [5.41, 5.74) is 0. The summed E-state index contributed by atoms with van der Waals surface area (Å²) in [6.07, 6.45) is 92.3. The van der Waals surface area contributed by atoms with E-state index in [1.807, 2.05) is 0 Å². The monoisotopic (exact) mass is 1110 g/mol. The summed E-state index contributed by atoms with van der Waals surface area (Å²) in [6.45, 7) is 6.51. The van der Waals surface area contributed by atoms with Gasteiger partial charge in [0.05, 0.1) is 0 Å². The van der Waals surface area contributed by atoms with Crippen molar-refractivity contribution in [2.45, 2.75) is 329 Å². The van der Waals surface area contributed by atoms with E-state index < -0.39 is 6.10 Å². The lowest BCUT2D eigenvalue weighted by atomic mass is 10.0. The van der Waals surface area contributed by atoms with E-state index in [4.69, 9.17) is 14.2 Å². The fourth-order valence-corrected chi connectivity index (χ4v) is 9.45. The number of hydrogen-bond donors (Lipinski definition) is 0. The van der Waals surface area contributed by atoms with E-state index >= 15 is 0 Å². The molecule has 0 aromatic carbocycles. The summed E-state index contributed by atoms with van der Waals surface area (Å²) in [7, 11) is 0. The molecule has 0 aromatic rings. The van der Waals surface area contributed by atoms with Crippen molar-refractivity contribution in [1.82, 2.24) is 0 Å². The van der Waals surface area contributed by atoms with Gasteiger partial charge in [-0.3, -0.25) is 14.4 Å². The first kappa shape index (κ1) is 76.1. The summed E-state index contributed by atoms with van der Waals surface area (Å²) in [5.74, 6) is -0.902. The summed E-state index contributed by atoms with van der Waals surface area (Å²) in [6, 6.07) is 0. The van der Waals surface area contributed by atoms with E-state index in [9.17, 15) is 14.4 Å². The molecule has 0 amide bonds. The minimum Gasteiger partial charge on any atom is -0.462 e. The van der Waals surface area contributed by atoms with Crippen LogP contribution >= 0.6 is 0 Å². The Balaban J connectivity index is 4.42. The highest BCUT2D eigenvalue weighted by atomic mass is 16.6. The summed E-state index contributed by atoms with van der Waals surface area (Å²) >= 11 is 0. The van der Waals surface area contributed by atoms with Crippen molar-refractivity contribution in [1.29, 1.82) is 0 Å². The molecule has 80 heavy (non-hydrogen) atoms. The van der Waals surface area contributed by atoms with Crippen LogP contribution in [0.2, 0.25) is 0 Å². The van der Waals surface area contributed by atoms with Crippen molar-refractivity contribution in [2.24, 2.45) is 0 Å². The van der Waals surface area contributed by atoms with Crippen molar-refractivity contribution in [2.75, 3.05) is 13.2 Å². The zero-order chi connectivity index (χ0) is 57.8. The van der Waals surface area contributed by atoms with Gasteiger partial charge in [-0.05, 0) is 109 Å². The van der Waals surface area contributed by atoms with E-state index in [-0.39, 0.29) is 31.1 Å². The average Bonchev–Trinajstić information content (AvgIpc) is 3.46. The van der Waals surface area contributed by atoms with Crippen LogP contribution in [0, 0.1) is 0 Å². The molecule has 0 aliphatic carbocycles. The average molecular weight is 1110 g/mol. The molecule has 0 aliphatic rings. The smallest absolute Gasteiger partial charge is 0.306 e. The van der Waals surface area contributed by atoms with Gasteiger partial charge in [0.1, 0.15) is 13.2 Å². The zero-order valence-electron chi connectivity index (χ0n) is 52.6. The summed E-state index contributed by atoms with van der Waals surface area (Å²) in [4.78, 5) is 38.4. The number of hydrogen-bond acceptors (Lipinski definition) is 6. The third kappa shape index (κ3) is 64.9. The molecular formula is C74H126O6. The molecule has 0 aliphatic heterocycles. The number of esters is 3. The first-order chi connectivity index (χ1) is 39.5. The molecule has 0 fully saturated rings. The molecule has 0 spiro atoms. The van der Waals surface area contributed by atoms with Gasteiger partial charge in [0, 0.05) is 19.3 Å². The Labute approximate surface area is 495 Å². The molecule has 1 atom stereocenters. The molecule has 0 aromatic heterocycles. The number of unbranched alkanes of at least 4 members (excludes halogenated alkanes) is 32. The van der Waals surface area contributed by atoms with Crippen LogP contribution in [0.25, 0.3) is 0 Å². The maximum atomic E-state index is 12.9. The fraction of sp³-hybridized carbons (Fsp3) is 0.716. The molecule has 6 nitrogen and oxygen atoms in total. The Morgan fingerprint density at radius 2 is 0.487 bits per heavy atom. The van der Waals surface area contributed by atoms with Crippen LogP contribution in [0.1, 0.15) is 323 Å². The van der Waals surface area contributed by atoms with Crippen LogP contribution < -0.4 is 0 Å². The molecular weight excluding hydrogens is 985 g/mol. The van der Waals surface area contributed by atoms with Gasteiger partial charge in [0.15, 0.2) is 6.10 Å². The Morgan fingerprint density at radius 1 is 0.263 bits per heavy atom. The van der Waals surface area contributed by atoms with Gasteiger partial charge in [-0.1, -0.05) is 304 Å². The first-order valence-electron chi connectivity index (χ1n) is 33.9. The number of ether oxygens (including phenoxy) is 3. The molecule has 0 bridgehead atoms. The second-order valence-corrected chi connectivity index (χ2v) is 22.4. The highest BCUT2D eigenvalue weighted by molar-refractivity contribution is 5.71. The molecule has 1 unspecified atom stereocenters. The Hall–Kier alpha value is -3.93. The lowest BCUT2D eigenvalue weighted by molar-refractivity contribution is -0.167. The largest absolute Gasteiger partial charge is 0.462 e. The lowest BCUT2D eigenvalue weighted by Gasteiger charge is -2.18. The summed E-state index contributed by atoms with van der Waals surface area (Å²) in [5, 5.41) is 0. The predicted octanol–water partition coefficient (Wildman–Crippen LogP) is 23.4. The van der Waals surface area contributed by atoms with Crippen molar-refractivity contribution in [3.8, 4) is 0 Å². The zero-order valence-corrected chi connectivity index (χ0v) is 52.6. The van der Waals surface area contributed by atoms with E-state index in [2.05, 4.69) is 130 Å². The van der Waals surface area contributed by atoms with E-state index in [0.29, 0.717) is 19.3 Å². The van der Waals surface area contributed by atoms with Crippen molar-refractivity contribution >= 4 is 17.9 Å². The topological polar surface area (TPSA) is 78.9 Å². The Kier molecular flexibility index (Phi) is 64.3. The Bertz CT molecular complexity index is 1610. The van der Waals surface area contributed by atoms with Crippen LogP contribution in [0.4, 0.5) is 0 Å². The quantitative estimate of drug-likeness (QED) is 0.0261. The Morgan fingerprint density at radius 3 is 0.787 bits per heavy atom. The number of allylic oxidation sites excluding steroid dienone is 18. The van der Waals surface area contributed by atoms with E-state index in [0.717, 1.165) is 135 Å². The normalized spacial score (nSPS) is 12.8. The number of carbonyl (C=O) groups is 3. The molecule has 458 valence electrons. The van der Waals surface area contributed by atoms with Gasteiger partial charge in [0.25, 0.3) is 0 Å². The van der Waals surface area contributed by atoms with Crippen LogP contribution in [-0.4, -0.2) is 37.2 Å². The molecule has 0 heterocycles. The van der Waals surface area contributed by atoms with Crippen LogP contribution in [0.15, 0.2) is 109 Å². The fourth-order valence-electron chi connectivity index (χ4n) is 9.45. The molecule has 0 rings (SSSR count). The first-order valence-corrected chi connectivity index (χ1v) is 33.9. The van der Waals surface area contributed by atoms with Gasteiger partial charge >= 0.3 is 17.9 Å². The minimum atomic E-state index is -0.794. The molecule has 0 saturated carbocycles. The van der Waals surface area contributed by atoms with Crippen LogP contribution in [0.5, 0.6) is 0 Å². The van der Waals surface area contributed by atoms with Crippen molar-refractivity contribution in [3.05, 3.63) is 109 Å².